The summed E-state index contributed by atoms with van der Waals surface area (Å²) in [4.78, 5) is 43.0. The minimum absolute atomic E-state index is 0.151. The number of halogens is 3. The minimum Gasteiger partial charge on any atom is -0.322 e. The zero-order valence-electron chi connectivity index (χ0n) is 20.8. The van der Waals surface area contributed by atoms with Crippen molar-refractivity contribution < 1.29 is 18.0 Å². The Balaban J connectivity index is 1.48. The van der Waals surface area contributed by atoms with E-state index in [2.05, 4.69) is 30.6 Å². The van der Waals surface area contributed by atoms with Gasteiger partial charge in [-0.25, -0.2) is 14.8 Å². The van der Waals surface area contributed by atoms with Gasteiger partial charge in [-0.2, -0.15) is 23.1 Å². The van der Waals surface area contributed by atoms with E-state index in [0.717, 1.165) is 17.8 Å². The Bertz CT molecular complexity index is 1800. The molecule has 2 aromatic carbocycles. The molecule has 0 atom stereocenters. The number of fused-ring (bicyclic) bond motifs is 1. The first kappa shape index (κ1) is 26.0. The molecule has 0 bridgehead atoms. The number of aromatic nitrogens is 5. The van der Waals surface area contributed by atoms with Gasteiger partial charge in [0.25, 0.3) is 5.91 Å². The molecule has 0 radical (unpaired) electrons. The van der Waals surface area contributed by atoms with Gasteiger partial charge in [0.1, 0.15) is 0 Å². The van der Waals surface area contributed by atoms with Crippen LogP contribution in [-0.4, -0.2) is 30.4 Å². The molecule has 1 amide bonds. The average Bonchev–Trinajstić information content (AvgIpc) is 3.29. The first-order valence-corrected chi connectivity index (χ1v) is 12.4. The molecule has 2 N–H and O–H groups in total. The van der Waals surface area contributed by atoms with Crippen LogP contribution in [0.15, 0.2) is 58.8 Å². The highest BCUT2D eigenvalue weighted by atomic mass is 32.1. The highest BCUT2D eigenvalue weighted by Gasteiger charge is 2.31. The van der Waals surface area contributed by atoms with Crippen LogP contribution < -0.4 is 16.3 Å². The number of nitrogens with zero attached hydrogens (tertiary/aromatic N) is 5. The molecule has 13 heteroatoms. The zero-order valence-corrected chi connectivity index (χ0v) is 21.6. The van der Waals surface area contributed by atoms with Crippen LogP contribution in [0.25, 0.3) is 16.7 Å². The van der Waals surface area contributed by atoms with E-state index in [1.54, 1.807) is 38.2 Å². The van der Waals surface area contributed by atoms with E-state index in [0.29, 0.717) is 33.1 Å². The van der Waals surface area contributed by atoms with E-state index in [4.69, 9.17) is 0 Å². The number of anilines is 3. The van der Waals surface area contributed by atoms with Gasteiger partial charge in [-0.3, -0.25) is 14.7 Å². The summed E-state index contributed by atoms with van der Waals surface area (Å²) >= 11 is 1.39. The smallest absolute Gasteiger partial charge is 0.322 e. The summed E-state index contributed by atoms with van der Waals surface area (Å²) < 4.78 is 40.6. The Labute approximate surface area is 223 Å². The predicted octanol–water partition coefficient (Wildman–Crippen LogP) is 5.57. The standard InChI is InChI=1S/C26H20F3N7O2S/c1-13-7-8-18(32-22(37)16-5-4-6-17(9-16)26(27,28)29)10-20(13)36-15(3)19-11-30-23(33-21(19)34-25(36)38)35-24-31-14(2)12-39-24/h4-12H,1-3H3,(H,32,37)(H,31,33,34,35,38). The normalized spacial score (nSPS) is 11.5. The van der Waals surface area contributed by atoms with Gasteiger partial charge < -0.3 is 5.32 Å². The van der Waals surface area contributed by atoms with Crippen LogP contribution >= 0.6 is 11.3 Å². The molecule has 3 aromatic heterocycles. The summed E-state index contributed by atoms with van der Waals surface area (Å²) in [5.74, 6) is -0.475. The van der Waals surface area contributed by atoms with Crippen LogP contribution in [0.2, 0.25) is 0 Å². The number of carbonyl (C=O) groups excluding carboxylic acids is 1. The molecule has 0 saturated heterocycles. The van der Waals surface area contributed by atoms with Crippen molar-refractivity contribution >= 4 is 45.0 Å². The monoisotopic (exact) mass is 551 g/mol. The zero-order chi connectivity index (χ0) is 27.9. The van der Waals surface area contributed by atoms with Crippen molar-refractivity contribution in [2.45, 2.75) is 26.9 Å². The number of amides is 1. The third-order valence-corrected chi connectivity index (χ3v) is 6.76. The summed E-state index contributed by atoms with van der Waals surface area (Å²) in [5, 5.41) is 8.62. The molecular weight excluding hydrogens is 531 g/mol. The molecule has 39 heavy (non-hydrogen) atoms. The van der Waals surface area contributed by atoms with Gasteiger partial charge in [-0.1, -0.05) is 12.1 Å². The molecule has 0 aliphatic carbocycles. The molecule has 198 valence electrons. The lowest BCUT2D eigenvalue weighted by Gasteiger charge is -2.16. The molecule has 0 unspecified atom stereocenters. The van der Waals surface area contributed by atoms with Crippen molar-refractivity contribution in [3.8, 4) is 5.69 Å². The maximum atomic E-state index is 13.1. The molecular formula is C26H20F3N7O2S. The summed E-state index contributed by atoms with van der Waals surface area (Å²) in [6, 6.07) is 8.98. The van der Waals surface area contributed by atoms with Crippen LogP contribution in [0.5, 0.6) is 0 Å². The molecule has 0 fully saturated rings. The Morgan fingerprint density at radius 2 is 1.82 bits per heavy atom. The van der Waals surface area contributed by atoms with Gasteiger partial charge in [0.15, 0.2) is 10.8 Å². The third kappa shape index (κ3) is 5.34. The lowest BCUT2D eigenvalue weighted by Crippen LogP contribution is -2.25. The summed E-state index contributed by atoms with van der Waals surface area (Å²) in [7, 11) is 0. The topological polar surface area (TPSA) is 115 Å². The van der Waals surface area contributed by atoms with Crippen LogP contribution in [-0.2, 0) is 6.18 Å². The number of nitrogens with one attached hydrogen (secondary N) is 2. The van der Waals surface area contributed by atoms with E-state index < -0.39 is 23.3 Å². The van der Waals surface area contributed by atoms with Crippen molar-refractivity contribution in [3.05, 3.63) is 92.6 Å². The lowest BCUT2D eigenvalue weighted by atomic mass is 10.1. The summed E-state index contributed by atoms with van der Waals surface area (Å²) in [5.41, 5.74) is 1.33. The fourth-order valence-electron chi connectivity index (χ4n) is 3.94. The molecule has 5 rings (SSSR count). The number of benzene rings is 2. The average molecular weight is 552 g/mol. The molecule has 5 aromatic rings. The maximum Gasteiger partial charge on any atom is 0.416 e. The van der Waals surface area contributed by atoms with Crippen LogP contribution in [0.4, 0.5) is 29.9 Å². The number of hydrogen-bond acceptors (Lipinski definition) is 8. The second kappa shape index (κ2) is 9.91. The second-order valence-corrected chi connectivity index (χ2v) is 9.56. The van der Waals surface area contributed by atoms with Gasteiger partial charge in [0, 0.05) is 28.5 Å². The Kier molecular flexibility index (Phi) is 6.60. The third-order valence-electron chi connectivity index (χ3n) is 5.88. The highest BCUT2D eigenvalue weighted by molar-refractivity contribution is 7.13. The lowest BCUT2D eigenvalue weighted by molar-refractivity contribution is -0.137. The number of alkyl halides is 3. The SMILES string of the molecule is Cc1csc(Nc2ncc3c(C)n(-c4cc(NC(=O)c5cccc(C(F)(F)F)c5)ccc4C)c(=O)nc3n2)n1. The molecule has 0 spiro atoms. The maximum absolute atomic E-state index is 13.1. The molecule has 0 aliphatic heterocycles. The van der Waals surface area contributed by atoms with E-state index in [1.165, 1.54) is 28.0 Å². The van der Waals surface area contributed by atoms with E-state index >= 15 is 0 Å². The second-order valence-electron chi connectivity index (χ2n) is 8.70. The predicted molar refractivity (Wildman–Crippen MR) is 142 cm³/mol. The number of rotatable bonds is 5. The summed E-state index contributed by atoms with van der Waals surface area (Å²) in [6.45, 7) is 5.37. The fraction of sp³-hybridized carbons (Fsp3) is 0.154. The van der Waals surface area contributed by atoms with Gasteiger partial charge in [-0.05, 0) is 56.7 Å². The molecule has 3 heterocycles. The Morgan fingerprint density at radius 1 is 1.03 bits per heavy atom. The number of carbonyl (C=O) groups is 1. The molecule has 0 saturated carbocycles. The van der Waals surface area contributed by atoms with Crippen molar-refractivity contribution in [1.82, 2.24) is 24.5 Å². The van der Waals surface area contributed by atoms with Gasteiger partial charge in [-0.15, -0.1) is 11.3 Å². The van der Waals surface area contributed by atoms with Crippen molar-refractivity contribution in [1.29, 1.82) is 0 Å². The quantitative estimate of drug-likeness (QED) is 0.293. The van der Waals surface area contributed by atoms with Crippen molar-refractivity contribution in [3.63, 3.8) is 0 Å². The van der Waals surface area contributed by atoms with Crippen LogP contribution in [0.3, 0.4) is 0 Å². The Morgan fingerprint density at radius 3 is 2.54 bits per heavy atom. The Hall–Kier alpha value is -4.65. The number of thiazole rings is 1. The van der Waals surface area contributed by atoms with Crippen LogP contribution in [0, 0.1) is 20.8 Å². The van der Waals surface area contributed by atoms with Crippen molar-refractivity contribution in [2.75, 3.05) is 10.6 Å². The van der Waals surface area contributed by atoms with E-state index in [-0.39, 0.29) is 17.2 Å². The van der Waals surface area contributed by atoms with Crippen LogP contribution in [0.1, 0.15) is 32.9 Å². The first-order chi connectivity index (χ1) is 18.5. The van der Waals surface area contributed by atoms with E-state index in [1.807, 2.05) is 12.3 Å². The van der Waals surface area contributed by atoms with Crippen molar-refractivity contribution in [2.24, 2.45) is 0 Å². The molecule has 9 nitrogen and oxygen atoms in total. The van der Waals surface area contributed by atoms with Gasteiger partial charge in [0.05, 0.1) is 22.3 Å². The van der Waals surface area contributed by atoms with Gasteiger partial charge >= 0.3 is 11.9 Å². The number of hydrogen-bond donors (Lipinski definition) is 2. The first-order valence-electron chi connectivity index (χ1n) is 11.5. The minimum atomic E-state index is -4.57. The molecule has 0 aliphatic rings. The highest BCUT2D eigenvalue weighted by Crippen LogP contribution is 2.30. The largest absolute Gasteiger partial charge is 0.416 e. The fourth-order valence-corrected chi connectivity index (χ4v) is 4.62. The van der Waals surface area contributed by atoms with E-state index in [9.17, 15) is 22.8 Å². The van der Waals surface area contributed by atoms with Gasteiger partial charge in [0.2, 0.25) is 5.95 Å². The summed E-state index contributed by atoms with van der Waals surface area (Å²) in [6.07, 6.45) is -3.02. The number of aryl methyl sites for hydroxylation is 3.